The predicted octanol–water partition coefficient (Wildman–Crippen LogP) is 2.58. The van der Waals surface area contributed by atoms with Crippen molar-refractivity contribution in [2.45, 2.75) is 63.7 Å². The third-order valence-electron chi connectivity index (χ3n) is 7.21. The third kappa shape index (κ3) is 3.62. The van der Waals surface area contributed by atoms with E-state index >= 15 is 0 Å². The third-order valence-corrected chi connectivity index (χ3v) is 7.21. The Morgan fingerprint density at radius 3 is 2.59 bits per heavy atom. The van der Waals surface area contributed by atoms with Crippen molar-refractivity contribution in [1.82, 2.24) is 5.32 Å². The molecule has 1 aromatic rings. The summed E-state index contributed by atoms with van der Waals surface area (Å²) in [6, 6.07) is 6.17. The van der Waals surface area contributed by atoms with Crippen molar-refractivity contribution in [3.05, 3.63) is 41.5 Å². The molecule has 2 bridgehead atoms. The second-order valence-electron chi connectivity index (χ2n) is 9.68. The van der Waals surface area contributed by atoms with Crippen molar-refractivity contribution >= 4 is 23.5 Å². The van der Waals surface area contributed by atoms with Gasteiger partial charge in [-0.15, -0.1) is 0 Å². The number of hydrogen-bond acceptors (Lipinski definition) is 5. The fourth-order valence-corrected chi connectivity index (χ4v) is 5.84. The van der Waals surface area contributed by atoms with Gasteiger partial charge in [-0.05, 0) is 49.9 Å². The number of carbonyl (C=O) groups is 3. The van der Waals surface area contributed by atoms with E-state index < -0.39 is 29.5 Å². The van der Waals surface area contributed by atoms with Gasteiger partial charge in [0.05, 0.1) is 18.6 Å². The molecule has 3 aliphatic heterocycles. The molecule has 4 atom stereocenters. The first kappa shape index (κ1) is 21.2. The highest BCUT2D eigenvalue weighted by atomic mass is 16.6. The smallest absolute Gasteiger partial charge is 0.313 e. The van der Waals surface area contributed by atoms with Gasteiger partial charge in [0.25, 0.3) is 5.91 Å². The first-order valence-electron chi connectivity index (χ1n) is 11.6. The second kappa shape index (κ2) is 8.03. The maximum absolute atomic E-state index is 13.4. The number of anilines is 1. The van der Waals surface area contributed by atoms with E-state index in [1.807, 2.05) is 38.1 Å². The number of amides is 2. The Morgan fingerprint density at radius 1 is 1.16 bits per heavy atom. The van der Waals surface area contributed by atoms with Crippen LogP contribution in [-0.4, -0.2) is 48.7 Å². The summed E-state index contributed by atoms with van der Waals surface area (Å²) in [5.74, 6) is -2.32. The van der Waals surface area contributed by atoms with Crippen LogP contribution in [0.1, 0.15) is 43.2 Å². The highest BCUT2D eigenvalue weighted by Crippen LogP contribution is 2.53. The zero-order valence-corrected chi connectivity index (χ0v) is 18.6. The molecule has 32 heavy (non-hydrogen) atoms. The minimum absolute atomic E-state index is 0.129. The van der Waals surface area contributed by atoms with Crippen LogP contribution in [-0.2, 0) is 23.9 Å². The van der Waals surface area contributed by atoms with E-state index in [-0.39, 0.29) is 24.5 Å². The Labute approximate surface area is 188 Å². The molecular weight excluding hydrogens is 408 g/mol. The number of ether oxygens (including phenoxy) is 2. The van der Waals surface area contributed by atoms with Gasteiger partial charge in [-0.1, -0.05) is 37.5 Å². The van der Waals surface area contributed by atoms with Crippen LogP contribution < -0.4 is 10.2 Å². The minimum Gasteiger partial charge on any atom is -0.455 e. The molecule has 1 spiro atoms. The Bertz CT molecular complexity index is 962. The lowest BCUT2D eigenvalue weighted by atomic mass is 9.77. The van der Waals surface area contributed by atoms with Gasteiger partial charge in [0.2, 0.25) is 5.91 Å². The van der Waals surface area contributed by atoms with Crippen LogP contribution in [0, 0.1) is 25.7 Å². The molecule has 4 unspecified atom stereocenters. The molecule has 170 valence electrons. The van der Waals surface area contributed by atoms with Crippen LogP contribution in [0.4, 0.5) is 5.69 Å². The van der Waals surface area contributed by atoms with Gasteiger partial charge in [0, 0.05) is 11.7 Å². The molecule has 0 radical (unpaired) electrons. The number of hydrogen-bond donors (Lipinski definition) is 1. The van der Waals surface area contributed by atoms with E-state index in [2.05, 4.69) is 11.4 Å². The van der Waals surface area contributed by atoms with E-state index in [1.54, 1.807) is 4.90 Å². The molecule has 1 saturated carbocycles. The van der Waals surface area contributed by atoms with Crippen molar-refractivity contribution in [2.75, 3.05) is 18.1 Å². The molecule has 1 N–H and O–H groups in total. The molecule has 1 aliphatic carbocycles. The molecule has 7 nitrogen and oxygen atoms in total. The highest BCUT2D eigenvalue weighted by Gasteiger charge is 2.67. The normalized spacial score (nSPS) is 31.1. The monoisotopic (exact) mass is 438 g/mol. The summed E-state index contributed by atoms with van der Waals surface area (Å²) in [5.41, 5.74) is 2.15. The number of aryl methyl sites for hydroxylation is 2. The summed E-state index contributed by atoms with van der Waals surface area (Å²) >= 11 is 0. The average molecular weight is 439 g/mol. The Morgan fingerprint density at radius 2 is 1.88 bits per heavy atom. The lowest BCUT2D eigenvalue weighted by Gasteiger charge is -2.24. The summed E-state index contributed by atoms with van der Waals surface area (Å²) in [5, 5.41) is 2.96. The number of esters is 1. The van der Waals surface area contributed by atoms with Crippen molar-refractivity contribution in [1.29, 1.82) is 0 Å². The number of benzene rings is 1. The van der Waals surface area contributed by atoms with E-state index in [0.717, 1.165) is 42.5 Å². The predicted molar refractivity (Wildman–Crippen MR) is 118 cm³/mol. The maximum Gasteiger partial charge on any atom is 0.313 e. The van der Waals surface area contributed by atoms with Crippen molar-refractivity contribution in [2.24, 2.45) is 11.8 Å². The van der Waals surface area contributed by atoms with Gasteiger partial charge in [0.1, 0.15) is 11.5 Å². The first-order valence-corrected chi connectivity index (χ1v) is 11.6. The number of rotatable bonds is 5. The highest BCUT2D eigenvalue weighted by molar-refractivity contribution is 6.02. The van der Waals surface area contributed by atoms with Gasteiger partial charge in [0.15, 0.2) is 6.61 Å². The molecule has 7 heteroatoms. The van der Waals surface area contributed by atoms with Crippen LogP contribution in [0.3, 0.4) is 0 Å². The molecular formula is C25H30N2O5. The van der Waals surface area contributed by atoms with Crippen molar-refractivity contribution in [3.8, 4) is 0 Å². The molecule has 0 aromatic heterocycles. The quantitative estimate of drug-likeness (QED) is 0.564. The fourth-order valence-electron chi connectivity index (χ4n) is 5.84. The lowest BCUT2D eigenvalue weighted by Crippen LogP contribution is -2.42. The molecule has 3 fully saturated rings. The van der Waals surface area contributed by atoms with Crippen molar-refractivity contribution in [3.63, 3.8) is 0 Å². The fraction of sp³-hybridized carbons (Fsp3) is 0.560. The van der Waals surface area contributed by atoms with Gasteiger partial charge >= 0.3 is 5.97 Å². The van der Waals surface area contributed by atoms with E-state index in [9.17, 15) is 14.4 Å². The van der Waals surface area contributed by atoms with Crippen LogP contribution >= 0.6 is 0 Å². The molecule has 2 saturated heterocycles. The number of nitrogens with one attached hydrogen (secondary N) is 1. The summed E-state index contributed by atoms with van der Waals surface area (Å²) in [6.45, 7) is 4.04. The number of nitrogens with zero attached hydrogens (tertiary/aromatic N) is 1. The summed E-state index contributed by atoms with van der Waals surface area (Å²) in [4.78, 5) is 40.4. The van der Waals surface area contributed by atoms with Crippen LogP contribution in [0.5, 0.6) is 0 Å². The zero-order chi connectivity index (χ0) is 22.5. The van der Waals surface area contributed by atoms with Crippen molar-refractivity contribution < 1.29 is 23.9 Å². The van der Waals surface area contributed by atoms with Crippen LogP contribution in [0.25, 0.3) is 0 Å². The van der Waals surface area contributed by atoms with Gasteiger partial charge in [-0.3, -0.25) is 14.4 Å². The molecule has 4 aliphatic rings. The molecule has 2 amide bonds. The zero-order valence-electron chi connectivity index (χ0n) is 18.6. The SMILES string of the molecule is Cc1cc(C)cc(N2CC34C=CC(O3)C(C(=O)OCC(=O)NC3CCCCC3)C4C2=O)c1. The Balaban J connectivity index is 1.27. The Kier molecular flexibility index (Phi) is 5.32. The summed E-state index contributed by atoms with van der Waals surface area (Å²) < 4.78 is 11.5. The van der Waals surface area contributed by atoms with Gasteiger partial charge in [-0.25, -0.2) is 0 Å². The van der Waals surface area contributed by atoms with Gasteiger partial charge in [-0.2, -0.15) is 0 Å². The average Bonchev–Trinajstić information content (AvgIpc) is 3.40. The Hall–Kier alpha value is -2.67. The van der Waals surface area contributed by atoms with E-state index in [0.29, 0.717) is 6.54 Å². The van der Waals surface area contributed by atoms with Crippen LogP contribution in [0.15, 0.2) is 30.4 Å². The lowest BCUT2D eigenvalue weighted by molar-refractivity contribution is -0.155. The number of carbonyl (C=O) groups excluding carboxylic acids is 3. The van der Waals surface area contributed by atoms with E-state index in [4.69, 9.17) is 9.47 Å². The molecule has 1 aromatic carbocycles. The molecule has 3 heterocycles. The summed E-state index contributed by atoms with van der Waals surface area (Å²) in [7, 11) is 0. The van der Waals surface area contributed by atoms with E-state index in [1.165, 1.54) is 6.42 Å². The maximum atomic E-state index is 13.4. The molecule has 5 rings (SSSR count). The van der Waals surface area contributed by atoms with Crippen LogP contribution in [0.2, 0.25) is 0 Å². The summed E-state index contributed by atoms with van der Waals surface area (Å²) in [6.07, 6.45) is 8.65. The minimum atomic E-state index is -0.812. The number of fused-ring (bicyclic) bond motifs is 1. The standard InChI is InChI=1S/C25H30N2O5/c1-15-10-16(2)12-18(11-15)27-14-25-9-8-19(32-25)21(22(25)23(27)29)24(30)31-13-20(28)26-17-6-4-3-5-7-17/h8-12,17,19,21-22H,3-7,13-14H2,1-2H3,(H,26,28). The largest absolute Gasteiger partial charge is 0.455 e. The topological polar surface area (TPSA) is 84.9 Å². The van der Waals surface area contributed by atoms with Gasteiger partial charge < -0.3 is 19.7 Å². The first-order chi connectivity index (χ1) is 15.4. The second-order valence-corrected chi connectivity index (χ2v) is 9.68.